The van der Waals surface area contributed by atoms with Crippen LogP contribution >= 0.6 is 0 Å². The van der Waals surface area contributed by atoms with E-state index in [-0.39, 0.29) is 0 Å². The van der Waals surface area contributed by atoms with E-state index in [2.05, 4.69) is 186 Å². The number of hydrogen-bond acceptors (Lipinski definition) is 2. The Morgan fingerprint density at radius 1 is 0.404 bits per heavy atom. The van der Waals surface area contributed by atoms with Crippen molar-refractivity contribution in [2.24, 2.45) is 0 Å². The van der Waals surface area contributed by atoms with Gasteiger partial charge in [0, 0.05) is 49.6 Å². The lowest BCUT2D eigenvalue weighted by Gasteiger charge is -2.13. The van der Waals surface area contributed by atoms with Gasteiger partial charge in [-0.15, -0.1) is 0 Å². The van der Waals surface area contributed by atoms with Crippen molar-refractivity contribution < 1.29 is 0 Å². The van der Waals surface area contributed by atoms with E-state index in [1.807, 2.05) is 12.1 Å². The van der Waals surface area contributed by atoms with Gasteiger partial charge in [0.25, 0.3) is 0 Å². The van der Waals surface area contributed by atoms with Crippen LogP contribution in [0.25, 0.3) is 95.0 Å². The molecule has 0 unspecified atom stereocenters. The summed E-state index contributed by atoms with van der Waals surface area (Å²) in [5.74, 6) is 0.674. The zero-order chi connectivity index (χ0) is 34.6. The molecule has 10 rings (SSSR count). The van der Waals surface area contributed by atoms with Gasteiger partial charge in [0.2, 0.25) is 0 Å². The van der Waals surface area contributed by atoms with Crippen molar-refractivity contribution in [3.63, 3.8) is 0 Å². The van der Waals surface area contributed by atoms with E-state index >= 15 is 0 Å². The molecule has 0 atom stereocenters. The normalized spacial score (nSPS) is 11.5. The quantitative estimate of drug-likeness (QED) is 0.177. The Hall–Kier alpha value is -7.04. The summed E-state index contributed by atoms with van der Waals surface area (Å²) in [5, 5.41) is 4.88. The molecule has 0 bridgehead atoms. The van der Waals surface area contributed by atoms with Crippen molar-refractivity contribution in [2.45, 2.75) is 0 Å². The maximum Gasteiger partial charge on any atom is 0.160 e. The predicted octanol–water partition coefficient (Wildman–Crippen LogP) is 12.3. The Labute approximate surface area is 301 Å². The molecule has 0 aliphatic rings. The maximum absolute atomic E-state index is 5.28. The molecule has 0 spiro atoms. The molecule has 244 valence electrons. The number of hydrogen-bond donors (Lipinski definition) is 0. The Bertz CT molecular complexity index is 2930. The van der Waals surface area contributed by atoms with E-state index in [9.17, 15) is 0 Å². The summed E-state index contributed by atoms with van der Waals surface area (Å²) >= 11 is 0. The first kappa shape index (κ1) is 29.8. The van der Waals surface area contributed by atoms with Gasteiger partial charge in [0.05, 0.1) is 33.5 Å². The number of para-hydroxylation sites is 3. The van der Waals surface area contributed by atoms with E-state index in [4.69, 9.17) is 9.97 Å². The molecular weight excluding hydrogens is 633 g/mol. The summed E-state index contributed by atoms with van der Waals surface area (Å²) in [7, 11) is 0. The number of aromatic nitrogens is 4. The lowest BCUT2D eigenvalue weighted by atomic mass is 10.1. The molecule has 4 heteroatoms. The van der Waals surface area contributed by atoms with Crippen LogP contribution < -0.4 is 0 Å². The second kappa shape index (κ2) is 12.1. The minimum Gasteiger partial charge on any atom is -0.309 e. The van der Waals surface area contributed by atoms with Gasteiger partial charge in [-0.1, -0.05) is 134 Å². The molecule has 0 saturated carbocycles. The molecule has 0 fully saturated rings. The molecule has 3 heterocycles. The van der Waals surface area contributed by atoms with Crippen molar-refractivity contribution in [2.75, 3.05) is 0 Å². The summed E-state index contributed by atoms with van der Waals surface area (Å²) in [6.45, 7) is 4.11. The van der Waals surface area contributed by atoms with E-state index in [0.29, 0.717) is 5.82 Å². The van der Waals surface area contributed by atoms with Crippen LogP contribution in [-0.2, 0) is 0 Å². The first-order valence-corrected chi connectivity index (χ1v) is 17.5. The Morgan fingerprint density at radius 3 is 1.56 bits per heavy atom. The van der Waals surface area contributed by atoms with Gasteiger partial charge in [-0.3, -0.25) is 0 Å². The molecule has 0 amide bonds. The third kappa shape index (κ3) is 4.77. The highest BCUT2D eigenvalue weighted by Crippen LogP contribution is 2.37. The summed E-state index contributed by atoms with van der Waals surface area (Å²) in [6, 6.07) is 61.9. The van der Waals surface area contributed by atoms with Crippen molar-refractivity contribution in [3.8, 4) is 45.3 Å². The van der Waals surface area contributed by atoms with Gasteiger partial charge in [-0.25, -0.2) is 9.97 Å². The van der Waals surface area contributed by atoms with E-state index < -0.39 is 0 Å². The van der Waals surface area contributed by atoms with Gasteiger partial charge < -0.3 is 9.13 Å². The maximum atomic E-state index is 5.28. The molecule has 10 aromatic rings. The number of nitrogens with zero attached hydrogens (tertiary/aromatic N) is 4. The van der Waals surface area contributed by atoms with Crippen LogP contribution in [0.5, 0.6) is 0 Å². The molecule has 0 aliphatic heterocycles. The Balaban J connectivity index is 1.16. The molecule has 7 aromatic carbocycles. The molecule has 0 radical (unpaired) electrons. The van der Waals surface area contributed by atoms with Crippen LogP contribution in [0.4, 0.5) is 0 Å². The summed E-state index contributed by atoms with van der Waals surface area (Å²) in [6.07, 6.45) is 1.94. The summed E-state index contributed by atoms with van der Waals surface area (Å²) in [4.78, 5) is 10.5. The number of benzene rings is 7. The first-order valence-electron chi connectivity index (χ1n) is 17.5. The zero-order valence-electron chi connectivity index (χ0n) is 28.3. The van der Waals surface area contributed by atoms with Gasteiger partial charge >= 0.3 is 0 Å². The first-order chi connectivity index (χ1) is 25.7. The van der Waals surface area contributed by atoms with Crippen LogP contribution in [-0.4, -0.2) is 19.1 Å². The van der Waals surface area contributed by atoms with Gasteiger partial charge in [-0.2, -0.15) is 0 Å². The van der Waals surface area contributed by atoms with Crippen LogP contribution in [0.3, 0.4) is 0 Å². The fourth-order valence-corrected chi connectivity index (χ4v) is 7.77. The van der Waals surface area contributed by atoms with Crippen molar-refractivity contribution in [1.29, 1.82) is 0 Å². The predicted molar refractivity (Wildman–Crippen MR) is 217 cm³/mol. The highest BCUT2D eigenvalue weighted by atomic mass is 15.0. The van der Waals surface area contributed by atoms with Crippen molar-refractivity contribution in [1.82, 2.24) is 19.1 Å². The fraction of sp³-hybridized carbons (Fsp3) is 0. The highest BCUT2D eigenvalue weighted by molar-refractivity contribution is 6.13. The van der Waals surface area contributed by atoms with E-state index in [1.165, 1.54) is 32.6 Å². The van der Waals surface area contributed by atoms with Crippen LogP contribution in [0.15, 0.2) is 183 Å². The third-order valence-corrected chi connectivity index (χ3v) is 10.1. The topological polar surface area (TPSA) is 35.6 Å². The monoisotopic (exact) mass is 664 g/mol. The average Bonchev–Trinajstić information content (AvgIpc) is 3.74. The molecule has 3 aromatic heterocycles. The lowest BCUT2D eigenvalue weighted by Crippen LogP contribution is -1.99. The summed E-state index contributed by atoms with van der Waals surface area (Å²) < 4.78 is 4.68. The molecule has 0 aliphatic carbocycles. The van der Waals surface area contributed by atoms with Crippen LogP contribution in [0.2, 0.25) is 0 Å². The Kier molecular flexibility index (Phi) is 6.93. The van der Waals surface area contributed by atoms with Gasteiger partial charge in [0.1, 0.15) is 0 Å². The zero-order valence-corrected chi connectivity index (χ0v) is 28.3. The van der Waals surface area contributed by atoms with E-state index in [0.717, 1.165) is 56.0 Å². The summed E-state index contributed by atoms with van der Waals surface area (Å²) in [5.41, 5.74) is 12.6. The van der Waals surface area contributed by atoms with Crippen molar-refractivity contribution >= 4 is 49.7 Å². The minimum absolute atomic E-state index is 0.674. The smallest absolute Gasteiger partial charge is 0.160 e. The minimum atomic E-state index is 0.674. The molecule has 52 heavy (non-hydrogen) atoms. The lowest BCUT2D eigenvalue weighted by molar-refractivity contribution is 1.15. The molecule has 0 saturated heterocycles. The van der Waals surface area contributed by atoms with Crippen molar-refractivity contribution in [3.05, 3.63) is 188 Å². The number of rotatable bonds is 6. The standard InChI is InChI=1S/C48H32N4/c1-2-32-17-14-28-46-47(32)40-24-8-11-27-45(40)52(46)37-21-13-19-35(30-37)48-49-41(33-15-4-3-5-16-33)31-42(50-48)34-18-12-20-36(29-34)51-43-25-9-6-22-38(43)39-23-7-10-26-44(39)51/h2-31H,1H2. The second-order valence-electron chi connectivity index (χ2n) is 13.1. The Morgan fingerprint density at radius 2 is 0.885 bits per heavy atom. The van der Waals surface area contributed by atoms with Crippen LogP contribution in [0.1, 0.15) is 5.56 Å². The number of fused-ring (bicyclic) bond motifs is 6. The third-order valence-electron chi connectivity index (χ3n) is 10.1. The highest BCUT2D eigenvalue weighted by Gasteiger charge is 2.17. The molecule has 4 nitrogen and oxygen atoms in total. The molecular formula is C48H32N4. The average molecular weight is 665 g/mol. The van der Waals surface area contributed by atoms with Gasteiger partial charge in [-0.05, 0) is 60.2 Å². The van der Waals surface area contributed by atoms with Gasteiger partial charge in [0.15, 0.2) is 5.82 Å². The SMILES string of the molecule is C=Cc1cccc2c1c1ccccc1n2-c1cccc(-c2nc(-c3ccccc3)cc(-c3cccc(-n4c5ccccc5c5ccccc54)c3)n2)c1. The largest absolute Gasteiger partial charge is 0.309 e. The fourth-order valence-electron chi connectivity index (χ4n) is 7.77. The van der Waals surface area contributed by atoms with Crippen LogP contribution in [0, 0.1) is 0 Å². The second-order valence-corrected chi connectivity index (χ2v) is 13.1. The van der Waals surface area contributed by atoms with E-state index in [1.54, 1.807) is 0 Å². The molecule has 0 N–H and O–H groups in total.